The molecule has 1 N–H and O–H groups in total. The number of hydrogen-bond acceptors (Lipinski definition) is 2. The Hall–Kier alpha value is -0.520. The van der Waals surface area contributed by atoms with E-state index in [1.807, 2.05) is 0 Å². The van der Waals surface area contributed by atoms with Crippen LogP contribution in [0.3, 0.4) is 0 Å². The van der Waals surface area contributed by atoms with Crippen molar-refractivity contribution in [3.05, 3.63) is 0 Å². The normalized spacial score (nSPS) is 51.2. The maximum Gasteiger partial charge on any atom is 0.153 e. The second-order valence-corrected chi connectivity index (χ2v) is 3.06. The molecule has 3 atom stereocenters. The Morgan fingerprint density at radius 3 is 3.10 bits per heavy atom. The number of terminal acetylenes is 1. The molecule has 2 aliphatic rings. The van der Waals surface area contributed by atoms with Crippen molar-refractivity contribution in [2.75, 3.05) is 0 Å². The van der Waals surface area contributed by atoms with Gasteiger partial charge in [0.15, 0.2) is 5.60 Å². The summed E-state index contributed by atoms with van der Waals surface area (Å²) in [5, 5.41) is 9.63. The topological polar surface area (TPSA) is 32.8 Å². The fraction of sp³-hybridized carbons (Fsp3) is 0.750. The van der Waals surface area contributed by atoms with Crippen molar-refractivity contribution in [1.29, 1.82) is 0 Å². The van der Waals surface area contributed by atoms with Crippen molar-refractivity contribution in [1.82, 2.24) is 0 Å². The van der Waals surface area contributed by atoms with E-state index >= 15 is 0 Å². The van der Waals surface area contributed by atoms with E-state index in [-0.39, 0.29) is 12.2 Å². The molecular formula is C8H10O2. The van der Waals surface area contributed by atoms with Gasteiger partial charge in [-0.3, -0.25) is 0 Å². The van der Waals surface area contributed by atoms with Crippen LogP contribution in [-0.4, -0.2) is 22.9 Å². The maximum atomic E-state index is 9.63. The van der Waals surface area contributed by atoms with Crippen LogP contribution in [-0.2, 0) is 4.74 Å². The van der Waals surface area contributed by atoms with Crippen molar-refractivity contribution in [3.63, 3.8) is 0 Å². The number of epoxide rings is 1. The second kappa shape index (κ2) is 1.75. The molecule has 2 nitrogen and oxygen atoms in total. The average Bonchev–Trinajstić information content (AvgIpc) is 2.68. The highest BCUT2D eigenvalue weighted by Crippen LogP contribution is 2.42. The predicted octanol–water partition coefficient (Wildman–Crippen LogP) is 0.302. The lowest BCUT2D eigenvalue weighted by molar-refractivity contribution is 0.0557. The number of aliphatic hydroxyl groups is 1. The first kappa shape index (κ1) is 6.21. The minimum Gasteiger partial charge on any atom is -0.375 e. The third-order valence-electron chi connectivity index (χ3n) is 2.35. The highest BCUT2D eigenvalue weighted by atomic mass is 16.6. The summed E-state index contributed by atoms with van der Waals surface area (Å²) in [4.78, 5) is 0. The van der Waals surface area contributed by atoms with E-state index in [0.717, 1.165) is 12.8 Å². The van der Waals surface area contributed by atoms with Crippen LogP contribution in [0, 0.1) is 12.3 Å². The molecule has 1 heterocycles. The van der Waals surface area contributed by atoms with E-state index in [4.69, 9.17) is 11.2 Å². The lowest BCUT2D eigenvalue weighted by Crippen LogP contribution is -2.37. The van der Waals surface area contributed by atoms with Gasteiger partial charge in [0.2, 0.25) is 0 Å². The Labute approximate surface area is 60.2 Å². The van der Waals surface area contributed by atoms with E-state index in [1.54, 1.807) is 0 Å². The molecular weight excluding hydrogens is 128 g/mol. The first-order chi connectivity index (χ1) is 4.76. The fourth-order valence-corrected chi connectivity index (χ4v) is 1.65. The zero-order valence-electron chi connectivity index (χ0n) is 5.71. The van der Waals surface area contributed by atoms with Gasteiger partial charge in [-0.15, -0.1) is 6.42 Å². The van der Waals surface area contributed by atoms with Crippen molar-refractivity contribution < 1.29 is 9.84 Å². The largest absolute Gasteiger partial charge is 0.375 e. The molecule has 0 bridgehead atoms. The van der Waals surface area contributed by atoms with Crippen LogP contribution < -0.4 is 0 Å². The average molecular weight is 138 g/mol. The number of ether oxygens (including phenoxy) is 1. The molecule has 1 aliphatic heterocycles. The third-order valence-corrected chi connectivity index (χ3v) is 2.35. The van der Waals surface area contributed by atoms with Crippen molar-refractivity contribution in [2.45, 2.75) is 37.1 Å². The molecule has 1 saturated heterocycles. The van der Waals surface area contributed by atoms with E-state index in [9.17, 15) is 5.11 Å². The Morgan fingerprint density at radius 1 is 1.70 bits per heavy atom. The van der Waals surface area contributed by atoms with Gasteiger partial charge in [-0.1, -0.05) is 5.92 Å². The summed E-state index contributed by atoms with van der Waals surface area (Å²) in [5.41, 5.74) is -0.942. The fourth-order valence-electron chi connectivity index (χ4n) is 1.65. The van der Waals surface area contributed by atoms with Crippen molar-refractivity contribution in [3.8, 4) is 12.3 Å². The molecule has 1 saturated carbocycles. The van der Waals surface area contributed by atoms with Crippen LogP contribution in [0.25, 0.3) is 0 Å². The van der Waals surface area contributed by atoms with Gasteiger partial charge >= 0.3 is 0 Å². The first-order valence-electron chi connectivity index (χ1n) is 3.62. The SMILES string of the molecule is C#C[C@@]1(O)CCC[C@H]2O[C@H]21. The van der Waals surface area contributed by atoms with E-state index < -0.39 is 5.60 Å². The molecule has 0 aromatic carbocycles. The van der Waals surface area contributed by atoms with Crippen LogP contribution in [0.1, 0.15) is 19.3 Å². The highest BCUT2D eigenvalue weighted by molar-refractivity contribution is 5.19. The van der Waals surface area contributed by atoms with Crippen molar-refractivity contribution >= 4 is 0 Å². The van der Waals surface area contributed by atoms with Gasteiger partial charge in [0.05, 0.1) is 6.10 Å². The number of fused-ring (bicyclic) bond motifs is 1. The quantitative estimate of drug-likeness (QED) is 0.386. The zero-order valence-corrected chi connectivity index (χ0v) is 5.71. The Balaban J connectivity index is 2.16. The molecule has 0 unspecified atom stereocenters. The van der Waals surface area contributed by atoms with Crippen LogP contribution in [0.2, 0.25) is 0 Å². The minimum absolute atomic E-state index is 0.0498. The lowest BCUT2D eigenvalue weighted by atomic mass is 9.86. The molecule has 0 aromatic heterocycles. The predicted molar refractivity (Wildman–Crippen MR) is 36.3 cm³/mol. The summed E-state index contributed by atoms with van der Waals surface area (Å²) >= 11 is 0. The highest BCUT2D eigenvalue weighted by Gasteiger charge is 2.55. The van der Waals surface area contributed by atoms with Gasteiger partial charge in [-0.05, 0) is 19.3 Å². The maximum absolute atomic E-state index is 9.63. The van der Waals surface area contributed by atoms with E-state index in [0.29, 0.717) is 6.42 Å². The number of rotatable bonds is 0. The third kappa shape index (κ3) is 0.681. The van der Waals surface area contributed by atoms with Gasteiger partial charge < -0.3 is 9.84 Å². The molecule has 0 aromatic rings. The van der Waals surface area contributed by atoms with Crippen LogP contribution in [0.5, 0.6) is 0 Å². The van der Waals surface area contributed by atoms with Crippen molar-refractivity contribution in [2.24, 2.45) is 0 Å². The van der Waals surface area contributed by atoms with Gasteiger partial charge in [-0.25, -0.2) is 0 Å². The smallest absolute Gasteiger partial charge is 0.153 e. The summed E-state index contributed by atoms with van der Waals surface area (Å²) in [6.45, 7) is 0. The Morgan fingerprint density at radius 2 is 2.50 bits per heavy atom. The summed E-state index contributed by atoms with van der Waals surface area (Å²) in [6.07, 6.45) is 8.14. The first-order valence-corrected chi connectivity index (χ1v) is 3.62. The molecule has 1 aliphatic carbocycles. The summed E-state index contributed by atoms with van der Waals surface area (Å²) in [6, 6.07) is 0. The van der Waals surface area contributed by atoms with E-state index in [2.05, 4.69) is 5.92 Å². The lowest BCUT2D eigenvalue weighted by Gasteiger charge is -2.22. The van der Waals surface area contributed by atoms with Gasteiger partial charge in [0, 0.05) is 0 Å². The van der Waals surface area contributed by atoms with Gasteiger partial charge in [-0.2, -0.15) is 0 Å². The standard InChI is InChI=1S/C8H10O2/c1-2-8(9)5-3-4-6-7(8)10-6/h1,6-7,9H,3-5H2/t6-,7-,8-/m1/s1. The molecule has 0 spiro atoms. The Kier molecular flexibility index (Phi) is 1.08. The molecule has 0 radical (unpaired) electrons. The summed E-state index contributed by atoms with van der Waals surface area (Å²) < 4.78 is 5.19. The zero-order chi connectivity index (χ0) is 7.19. The Bertz CT molecular complexity index is 194. The molecule has 2 rings (SSSR count). The molecule has 2 heteroatoms. The molecule has 10 heavy (non-hydrogen) atoms. The van der Waals surface area contributed by atoms with Gasteiger partial charge in [0.1, 0.15) is 6.10 Å². The van der Waals surface area contributed by atoms with Gasteiger partial charge in [0.25, 0.3) is 0 Å². The van der Waals surface area contributed by atoms with Crippen LogP contribution in [0.4, 0.5) is 0 Å². The molecule has 2 fully saturated rings. The van der Waals surface area contributed by atoms with Crippen LogP contribution >= 0.6 is 0 Å². The second-order valence-electron chi connectivity index (χ2n) is 3.06. The molecule has 54 valence electrons. The van der Waals surface area contributed by atoms with E-state index in [1.165, 1.54) is 0 Å². The van der Waals surface area contributed by atoms with Crippen LogP contribution in [0.15, 0.2) is 0 Å². The number of hydrogen-bond donors (Lipinski definition) is 1. The summed E-state index contributed by atoms with van der Waals surface area (Å²) in [7, 11) is 0. The summed E-state index contributed by atoms with van der Waals surface area (Å²) in [5.74, 6) is 2.40. The minimum atomic E-state index is -0.942. The monoisotopic (exact) mass is 138 g/mol. The molecule has 0 amide bonds.